The largest absolute Gasteiger partial charge is 0.494 e. The molecule has 2 heterocycles. The van der Waals surface area contributed by atoms with E-state index in [0.29, 0.717) is 31.2 Å². The number of carbonyl (C=O) groups is 2. The molecule has 0 atom stereocenters. The number of carboxylic acid groups (broad SMARTS) is 1. The summed E-state index contributed by atoms with van der Waals surface area (Å²) in [5.41, 5.74) is 0.0260. The van der Waals surface area contributed by atoms with Crippen LogP contribution in [0.5, 0.6) is 0 Å². The number of hydrogen-bond donors (Lipinski definition) is 2. The third-order valence-corrected chi connectivity index (χ3v) is 3.18. The van der Waals surface area contributed by atoms with Gasteiger partial charge in [0.1, 0.15) is 19.5 Å². The molecule has 19 heavy (non-hydrogen) atoms. The molecule has 1 aromatic rings. The van der Waals surface area contributed by atoms with Gasteiger partial charge in [-0.05, 0) is 0 Å². The van der Waals surface area contributed by atoms with Crippen LogP contribution in [0.2, 0.25) is 0 Å². The molecule has 0 spiro atoms. The summed E-state index contributed by atoms with van der Waals surface area (Å²) in [7, 11) is 0. The number of carbonyl (C=O) groups excluding carboxylic acids is 1. The van der Waals surface area contributed by atoms with Crippen LogP contribution in [0.4, 0.5) is 0 Å². The second-order valence-corrected chi connectivity index (χ2v) is 4.58. The summed E-state index contributed by atoms with van der Waals surface area (Å²) in [6.07, 6.45) is 1.75. The molecule has 102 valence electrons. The zero-order valence-corrected chi connectivity index (χ0v) is 10.7. The van der Waals surface area contributed by atoms with Gasteiger partial charge in [-0.3, -0.25) is 4.79 Å². The Morgan fingerprint density at radius 1 is 1.47 bits per heavy atom. The van der Waals surface area contributed by atoms with Crippen molar-refractivity contribution >= 4 is 23.2 Å². The number of ether oxygens (including phenoxy) is 2. The lowest BCUT2D eigenvalue weighted by Gasteiger charge is -2.14. The fraction of sp³-hybridized carbons (Fsp3) is 0.364. The summed E-state index contributed by atoms with van der Waals surface area (Å²) in [5.74, 6) is -1.25. The predicted molar refractivity (Wildman–Crippen MR) is 65.8 cm³/mol. The smallest absolute Gasteiger partial charge is 0.355 e. The van der Waals surface area contributed by atoms with Crippen molar-refractivity contribution < 1.29 is 24.2 Å². The maximum atomic E-state index is 11.6. The number of carboxylic acids is 1. The maximum Gasteiger partial charge on any atom is 0.355 e. The Kier molecular flexibility index (Phi) is 4.35. The van der Waals surface area contributed by atoms with Crippen LogP contribution >= 0.6 is 11.3 Å². The van der Waals surface area contributed by atoms with Crippen molar-refractivity contribution in [3.63, 3.8) is 0 Å². The van der Waals surface area contributed by atoms with Gasteiger partial charge in [0.25, 0.3) is 5.91 Å². The van der Waals surface area contributed by atoms with Crippen LogP contribution in [-0.4, -0.2) is 41.7 Å². The zero-order chi connectivity index (χ0) is 13.7. The molecular weight excluding hydrogens is 272 g/mol. The first-order valence-electron chi connectivity index (χ1n) is 5.57. The fourth-order valence-corrected chi connectivity index (χ4v) is 2.15. The van der Waals surface area contributed by atoms with E-state index in [0.717, 1.165) is 0 Å². The summed E-state index contributed by atoms with van der Waals surface area (Å²) < 4.78 is 10.1. The highest BCUT2D eigenvalue weighted by atomic mass is 32.1. The van der Waals surface area contributed by atoms with Gasteiger partial charge in [0, 0.05) is 18.3 Å². The molecule has 1 aromatic heterocycles. The van der Waals surface area contributed by atoms with E-state index < -0.39 is 5.97 Å². The molecule has 0 aliphatic carbocycles. The summed E-state index contributed by atoms with van der Waals surface area (Å²) in [6.45, 7) is 1.15. The third-order valence-electron chi connectivity index (χ3n) is 2.27. The van der Waals surface area contributed by atoms with Crippen molar-refractivity contribution in [3.05, 3.63) is 28.1 Å². The Labute approximate surface area is 112 Å². The van der Waals surface area contributed by atoms with Crippen LogP contribution in [0.1, 0.15) is 15.5 Å². The number of nitrogens with one attached hydrogen (secondary N) is 1. The Morgan fingerprint density at radius 3 is 2.95 bits per heavy atom. The van der Waals surface area contributed by atoms with E-state index in [2.05, 4.69) is 10.3 Å². The standard InChI is InChI=1S/C11H12N2O5S/c14-10(8-5-17-3-4-18-8)12-2-1-9-13-7(6-19-9)11(15)16/h5-6H,1-4H2,(H,12,14)(H,15,16). The van der Waals surface area contributed by atoms with Gasteiger partial charge < -0.3 is 19.9 Å². The van der Waals surface area contributed by atoms with Gasteiger partial charge >= 0.3 is 5.97 Å². The summed E-state index contributed by atoms with van der Waals surface area (Å²) in [6, 6.07) is 0. The van der Waals surface area contributed by atoms with E-state index in [1.54, 1.807) is 0 Å². The molecule has 1 aliphatic heterocycles. The molecule has 0 bridgehead atoms. The highest BCUT2D eigenvalue weighted by Gasteiger charge is 2.14. The zero-order valence-electron chi connectivity index (χ0n) is 9.92. The average molecular weight is 284 g/mol. The van der Waals surface area contributed by atoms with E-state index in [1.165, 1.54) is 23.0 Å². The molecule has 0 fully saturated rings. The average Bonchev–Trinajstić information content (AvgIpc) is 2.89. The van der Waals surface area contributed by atoms with Crippen LogP contribution in [0, 0.1) is 0 Å². The molecule has 2 N–H and O–H groups in total. The van der Waals surface area contributed by atoms with Gasteiger partial charge in [-0.1, -0.05) is 0 Å². The molecule has 1 aliphatic rings. The third kappa shape index (κ3) is 3.68. The second kappa shape index (κ2) is 6.19. The highest BCUT2D eigenvalue weighted by molar-refractivity contribution is 7.09. The van der Waals surface area contributed by atoms with Crippen molar-refractivity contribution in [1.29, 1.82) is 0 Å². The summed E-state index contributed by atoms with van der Waals surface area (Å²) >= 11 is 1.25. The Morgan fingerprint density at radius 2 is 2.32 bits per heavy atom. The van der Waals surface area contributed by atoms with Gasteiger partial charge in [0.05, 0.1) is 5.01 Å². The minimum Gasteiger partial charge on any atom is -0.494 e. The number of aromatic carboxylic acids is 1. The van der Waals surface area contributed by atoms with E-state index in [1.807, 2.05) is 0 Å². The molecule has 0 radical (unpaired) electrons. The number of nitrogens with zero attached hydrogens (tertiary/aromatic N) is 1. The molecule has 0 aromatic carbocycles. The van der Waals surface area contributed by atoms with E-state index in [9.17, 15) is 9.59 Å². The Bertz CT molecular complexity index is 511. The highest BCUT2D eigenvalue weighted by Crippen LogP contribution is 2.10. The van der Waals surface area contributed by atoms with Crippen molar-refractivity contribution in [2.75, 3.05) is 19.8 Å². The Balaban J connectivity index is 1.78. The number of thiazole rings is 1. The van der Waals surface area contributed by atoms with Crippen LogP contribution in [0.15, 0.2) is 17.4 Å². The predicted octanol–water partition coefficient (Wildman–Crippen LogP) is 0.388. The van der Waals surface area contributed by atoms with Crippen LogP contribution in [0.25, 0.3) is 0 Å². The number of amides is 1. The number of rotatable bonds is 5. The maximum absolute atomic E-state index is 11.6. The molecular formula is C11H12N2O5S. The van der Waals surface area contributed by atoms with Gasteiger partial charge in [-0.25, -0.2) is 9.78 Å². The molecule has 0 saturated heterocycles. The van der Waals surface area contributed by atoms with Gasteiger partial charge in [-0.2, -0.15) is 0 Å². The molecule has 0 unspecified atom stereocenters. The lowest BCUT2D eigenvalue weighted by atomic mass is 10.4. The van der Waals surface area contributed by atoms with E-state index in [4.69, 9.17) is 14.6 Å². The first-order valence-corrected chi connectivity index (χ1v) is 6.45. The van der Waals surface area contributed by atoms with E-state index in [-0.39, 0.29) is 17.4 Å². The molecule has 1 amide bonds. The fourth-order valence-electron chi connectivity index (χ4n) is 1.38. The quantitative estimate of drug-likeness (QED) is 0.811. The van der Waals surface area contributed by atoms with Crippen molar-refractivity contribution in [2.24, 2.45) is 0 Å². The normalized spacial score (nSPS) is 14.0. The van der Waals surface area contributed by atoms with Crippen LogP contribution < -0.4 is 5.32 Å². The monoisotopic (exact) mass is 284 g/mol. The molecule has 7 nitrogen and oxygen atoms in total. The topological polar surface area (TPSA) is 97.8 Å². The second-order valence-electron chi connectivity index (χ2n) is 3.64. The molecule has 2 rings (SSSR count). The minimum absolute atomic E-state index is 0.0260. The Hall–Kier alpha value is -2.09. The SMILES string of the molecule is O=C(NCCc1nc(C(=O)O)cs1)C1=COCCO1. The van der Waals surface area contributed by atoms with Crippen molar-refractivity contribution in [3.8, 4) is 0 Å². The first-order chi connectivity index (χ1) is 9.16. The first kappa shape index (κ1) is 13.3. The number of hydrogen-bond acceptors (Lipinski definition) is 6. The van der Waals surface area contributed by atoms with E-state index >= 15 is 0 Å². The molecule has 0 saturated carbocycles. The van der Waals surface area contributed by atoms with Gasteiger partial charge in [-0.15, -0.1) is 11.3 Å². The van der Waals surface area contributed by atoms with Crippen LogP contribution in [-0.2, 0) is 20.7 Å². The summed E-state index contributed by atoms with van der Waals surface area (Å²) in [4.78, 5) is 26.2. The lowest BCUT2D eigenvalue weighted by Crippen LogP contribution is -2.30. The molecule has 8 heteroatoms. The lowest BCUT2D eigenvalue weighted by molar-refractivity contribution is -0.122. The van der Waals surface area contributed by atoms with Crippen molar-refractivity contribution in [2.45, 2.75) is 6.42 Å². The van der Waals surface area contributed by atoms with Gasteiger partial charge in [0.2, 0.25) is 5.76 Å². The number of aromatic nitrogens is 1. The van der Waals surface area contributed by atoms with Crippen LogP contribution in [0.3, 0.4) is 0 Å². The van der Waals surface area contributed by atoms with Crippen molar-refractivity contribution in [1.82, 2.24) is 10.3 Å². The minimum atomic E-state index is -1.05. The summed E-state index contributed by atoms with van der Waals surface area (Å²) in [5, 5.41) is 13.5. The van der Waals surface area contributed by atoms with Gasteiger partial charge in [0.15, 0.2) is 5.69 Å².